The van der Waals surface area contributed by atoms with Crippen LogP contribution in [0.4, 0.5) is 0 Å². The molecule has 184 valence electrons. The standard InChI is InChI=1S/C31H37NOSi3/c1-27-26-34(2,28-16-7-3-8-17-28)36(30-20-11-5-12-21-30,31-22-13-6-14-23-31)35(33-27,25-15-24-32)29-18-9-4-10-19-29/h3-14,16-23,27H,15,24-26,32H2,1-2H3. The number of hydrogen-bond acceptors (Lipinski definition) is 2. The molecule has 2 nitrogen and oxygen atoms in total. The van der Waals surface area contributed by atoms with Crippen LogP contribution in [0.2, 0.25) is 18.6 Å². The summed E-state index contributed by atoms with van der Waals surface area (Å²) in [6.07, 6.45) is 1.21. The van der Waals surface area contributed by atoms with Crippen molar-refractivity contribution in [3.05, 3.63) is 121 Å². The van der Waals surface area contributed by atoms with Gasteiger partial charge in [-0.05, 0) is 37.2 Å². The van der Waals surface area contributed by atoms with E-state index in [1.54, 1.807) is 5.19 Å². The van der Waals surface area contributed by atoms with Crippen LogP contribution in [0.1, 0.15) is 13.3 Å². The molecule has 0 aromatic heterocycles. The zero-order valence-corrected chi connectivity index (χ0v) is 24.4. The number of nitrogens with two attached hydrogens (primary N) is 1. The molecule has 0 spiro atoms. The fraction of sp³-hybridized carbons (Fsp3) is 0.226. The third-order valence-corrected chi connectivity index (χ3v) is 43.8. The summed E-state index contributed by atoms with van der Waals surface area (Å²) in [5.74, 6) is 0. The van der Waals surface area contributed by atoms with Gasteiger partial charge in [-0.25, -0.2) is 0 Å². The highest BCUT2D eigenvalue weighted by Crippen LogP contribution is 2.41. The molecule has 1 aliphatic rings. The van der Waals surface area contributed by atoms with Crippen molar-refractivity contribution in [3.8, 4) is 0 Å². The maximum Gasteiger partial charge on any atom is 0.218 e. The first-order valence-electron chi connectivity index (χ1n) is 13.2. The highest BCUT2D eigenvalue weighted by Gasteiger charge is 2.72. The highest BCUT2D eigenvalue weighted by atomic mass is 29.6. The lowest BCUT2D eigenvalue weighted by Crippen LogP contribution is -2.96. The topological polar surface area (TPSA) is 35.2 Å². The normalized spacial score (nSPS) is 25.4. The summed E-state index contributed by atoms with van der Waals surface area (Å²) >= 11 is 0. The fourth-order valence-corrected chi connectivity index (χ4v) is 51.7. The average molecular weight is 524 g/mol. The zero-order valence-electron chi connectivity index (χ0n) is 21.4. The molecular formula is C31H37NOSi3. The van der Waals surface area contributed by atoms with Gasteiger partial charge < -0.3 is 10.2 Å². The van der Waals surface area contributed by atoms with Gasteiger partial charge in [-0.1, -0.05) is 143 Å². The summed E-state index contributed by atoms with van der Waals surface area (Å²) in [6.45, 7) is 5.72. The Kier molecular flexibility index (Phi) is 7.28. The maximum absolute atomic E-state index is 7.58. The molecule has 36 heavy (non-hydrogen) atoms. The van der Waals surface area contributed by atoms with E-state index >= 15 is 0 Å². The molecule has 4 aromatic rings. The Labute approximate surface area is 218 Å². The third-order valence-electron chi connectivity index (χ3n) is 8.33. The quantitative estimate of drug-likeness (QED) is 0.372. The second-order valence-corrected chi connectivity index (χ2v) is 31.4. The minimum absolute atomic E-state index is 0.222. The summed E-state index contributed by atoms with van der Waals surface area (Å²) in [5, 5.41) is 6.08. The molecule has 2 N–H and O–H groups in total. The van der Waals surface area contributed by atoms with Crippen LogP contribution < -0.4 is 26.5 Å². The minimum Gasteiger partial charge on any atom is -0.412 e. The van der Waals surface area contributed by atoms with Crippen LogP contribution in [-0.4, -0.2) is 35.2 Å². The van der Waals surface area contributed by atoms with Crippen LogP contribution in [0.3, 0.4) is 0 Å². The van der Waals surface area contributed by atoms with Gasteiger partial charge in [0, 0.05) is 6.10 Å². The van der Waals surface area contributed by atoms with Crippen LogP contribution in [0.25, 0.3) is 0 Å². The van der Waals surface area contributed by atoms with Crippen molar-refractivity contribution in [3.63, 3.8) is 0 Å². The summed E-state index contributed by atoms with van der Waals surface area (Å²) in [7, 11) is -7.30. The van der Waals surface area contributed by atoms with Crippen molar-refractivity contribution >= 4 is 43.3 Å². The Morgan fingerprint density at radius 2 is 1.08 bits per heavy atom. The molecule has 1 aliphatic heterocycles. The van der Waals surface area contributed by atoms with Crippen molar-refractivity contribution in [2.45, 2.75) is 38.1 Å². The lowest BCUT2D eigenvalue weighted by atomic mass is 10.4. The Balaban J connectivity index is 1.99. The second kappa shape index (κ2) is 10.4. The summed E-state index contributed by atoms with van der Waals surface area (Å²) < 4.78 is 7.58. The lowest BCUT2D eigenvalue weighted by molar-refractivity contribution is 0.236. The number of hydrogen-bond donors (Lipinski definition) is 1. The van der Waals surface area contributed by atoms with Crippen molar-refractivity contribution in [1.29, 1.82) is 0 Å². The molecule has 1 heterocycles. The Bertz CT molecular complexity index is 1220. The molecule has 5 heteroatoms. The molecule has 1 fully saturated rings. The van der Waals surface area contributed by atoms with Crippen molar-refractivity contribution < 1.29 is 4.43 Å². The number of benzene rings is 4. The molecule has 0 bridgehead atoms. The SMILES string of the molecule is CC1C[Si](C)(c2ccccc2)[Si](c2ccccc2)(c2ccccc2)[Si](CCCN)(c2ccccc2)O1. The van der Waals surface area contributed by atoms with Gasteiger partial charge >= 0.3 is 0 Å². The summed E-state index contributed by atoms with van der Waals surface area (Å²) in [4.78, 5) is 0. The molecule has 4 aromatic carbocycles. The molecule has 5 rings (SSSR count). The van der Waals surface area contributed by atoms with Crippen LogP contribution in [-0.2, 0) is 4.43 Å². The van der Waals surface area contributed by atoms with E-state index in [0.717, 1.165) is 18.5 Å². The Morgan fingerprint density at radius 3 is 1.53 bits per heavy atom. The summed E-state index contributed by atoms with van der Waals surface area (Å²) in [6, 6.07) is 48.0. The van der Waals surface area contributed by atoms with Gasteiger partial charge in [0.05, 0.1) is 7.59 Å². The Morgan fingerprint density at radius 1 is 0.667 bits per heavy atom. The molecular weight excluding hydrogens is 487 g/mol. The van der Waals surface area contributed by atoms with Crippen molar-refractivity contribution in [2.75, 3.05) is 6.54 Å². The molecule has 0 saturated carbocycles. The van der Waals surface area contributed by atoms with E-state index in [4.69, 9.17) is 10.2 Å². The van der Waals surface area contributed by atoms with Crippen LogP contribution in [0.15, 0.2) is 121 Å². The molecule has 3 atom stereocenters. The van der Waals surface area contributed by atoms with Gasteiger partial charge in [0.2, 0.25) is 7.83 Å². The van der Waals surface area contributed by atoms with E-state index in [-0.39, 0.29) is 6.10 Å². The zero-order chi connectivity index (χ0) is 25.1. The fourth-order valence-electron chi connectivity index (χ4n) is 7.17. The molecule has 1 saturated heterocycles. The Hall–Kier alpha value is -2.55. The summed E-state index contributed by atoms with van der Waals surface area (Å²) in [5.41, 5.74) is 6.26. The smallest absolute Gasteiger partial charge is 0.218 e. The van der Waals surface area contributed by atoms with Crippen molar-refractivity contribution in [2.24, 2.45) is 5.73 Å². The first-order chi connectivity index (χ1) is 17.6. The van der Waals surface area contributed by atoms with Gasteiger partial charge in [-0.15, -0.1) is 0 Å². The van der Waals surface area contributed by atoms with Gasteiger partial charge in [0.15, 0.2) is 0 Å². The van der Waals surface area contributed by atoms with E-state index in [1.165, 1.54) is 15.6 Å². The average Bonchev–Trinajstić information content (AvgIpc) is 2.94. The monoisotopic (exact) mass is 523 g/mol. The first-order valence-corrected chi connectivity index (χ1v) is 22.0. The van der Waals surface area contributed by atoms with Crippen LogP contribution in [0.5, 0.6) is 0 Å². The lowest BCUT2D eigenvalue weighted by Gasteiger charge is -2.61. The molecule has 0 aliphatic carbocycles. The first kappa shape index (κ1) is 25.1. The van der Waals surface area contributed by atoms with Gasteiger partial charge in [0.1, 0.15) is 7.11 Å². The van der Waals surface area contributed by atoms with Crippen LogP contribution in [0, 0.1) is 0 Å². The van der Waals surface area contributed by atoms with Crippen molar-refractivity contribution in [1.82, 2.24) is 0 Å². The van der Waals surface area contributed by atoms with E-state index in [1.807, 2.05) is 0 Å². The van der Waals surface area contributed by atoms with Gasteiger partial charge in [0.25, 0.3) is 0 Å². The number of rotatable bonds is 7. The largest absolute Gasteiger partial charge is 0.412 e. The van der Waals surface area contributed by atoms with E-state index in [9.17, 15) is 0 Å². The molecule has 3 unspecified atom stereocenters. The van der Waals surface area contributed by atoms with Crippen LogP contribution >= 0.6 is 0 Å². The highest BCUT2D eigenvalue weighted by molar-refractivity contribution is 7.80. The maximum atomic E-state index is 7.58. The van der Waals surface area contributed by atoms with E-state index in [2.05, 4.69) is 135 Å². The predicted molar refractivity (Wildman–Crippen MR) is 161 cm³/mol. The van der Waals surface area contributed by atoms with E-state index in [0.29, 0.717) is 6.54 Å². The van der Waals surface area contributed by atoms with E-state index < -0.39 is 22.5 Å². The second-order valence-electron chi connectivity index (χ2n) is 10.4. The van der Waals surface area contributed by atoms with Gasteiger partial charge in [-0.3, -0.25) is 0 Å². The van der Waals surface area contributed by atoms with Gasteiger partial charge in [-0.2, -0.15) is 0 Å². The third kappa shape index (κ3) is 3.90. The predicted octanol–water partition coefficient (Wildman–Crippen LogP) is 4.01. The molecule has 0 amide bonds. The minimum atomic E-state index is -2.60. The molecule has 0 radical (unpaired) electrons.